The van der Waals surface area contributed by atoms with Crippen molar-refractivity contribution < 1.29 is 19.4 Å². The van der Waals surface area contributed by atoms with Crippen LogP contribution in [0.4, 0.5) is 0 Å². The standard InChI is InChI=1S/C20H34O4/c1-15(2)7-8-17(22)16(3)6-5-10-19(4)18-9-11-20(24-18,12-13-21)14-23-19/h7,16,18,21H,5-6,8-14H2,1-4H3/t16?,18-,19+,20?/m1/s1. The number of hydrogen-bond acceptors (Lipinski definition) is 4. The summed E-state index contributed by atoms with van der Waals surface area (Å²) in [5.41, 5.74) is 0.688. The number of fused-ring (bicyclic) bond motifs is 2. The van der Waals surface area contributed by atoms with Crippen LogP contribution in [0.2, 0.25) is 0 Å². The molecule has 0 amide bonds. The van der Waals surface area contributed by atoms with Crippen LogP contribution in [0.15, 0.2) is 11.6 Å². The second kappa shape index (κ2) is 8.11. The van der Waals surface area contributed by atoms with E-state index in [1.165, 1.54) is 5.57 Å². The van der Waals surface area contributed by atoms with Gasteiger partial charge in [-0.15, -0.1) is 0 Å². The fourth-order valence-electron chi connectivity index (χ4n) is 3.86. The molecule has 1 N–H and O–H groups in total. The van der Waals surface area contributed by atoms with Crippen molar-refractivity contribution in [3.8, 4) is 0 Å². The first kappa shape index (κ1) is 19.6. The fraction of sp³-hybridized carbons (Fsp3) is 0.850. The SMILES string of the molecule is CC(C)=CCC(=O)C(C)CCC[C@]1(C)OCC2(CCO)CC[C@H]1O2. The van der Waals surface area contributed by atoms with Gasteiger partial charge in [0.15, 0.2) is 0 Å². The van der Waals surface area contributed by atoms with Crippen molar-refractivity contribution in [2.45, 2.75) is 89.9 Å². The van der Waals surface area contributed by atoms with Crippen LogP contribution in [0, 0.1) is 5.92 Å². The van der Waals surface area contributed by atoms with Crippen molar-refractivity contribution in [3.63, 3.8) is 0 Å². The second-order valence-electron chi connectivity index (χ2n) is 8.15. The summed E-state index contributed by atoms with van der Waals surface area (Å²) in [5, 5.41) is 9.22. The molecule has 2 fully saturated rings. The Kier molecular flexibility index (Phi) is 6.63. The van der Waals surface area contributed by atoms with E-state index in [1.54, 1.807) is 0 Å². The maximum absolute atomic E-state index is 12.1. The zero-order valence-corrected chi connectivity index (χ0v) is 15.8. The van der Waals surface area contributed by atoms with Crippen LogP contribution in [-0.4, -0.2) is 41.4 Å². The molecule has 4 nitrogen and oxygen atoms in total. The Morgan fingerprint density at radius 1 is 1.38 bits per heavy atom. The normalized spacial score (nSPS) is 33.3. The largest absolute Gasteiger partial charge is 0.396 e. The Hall–Kier alpha value is -0.710. The molecule has 0 radical (unpaired) electrons. The Bertz CT molecular complexity index is 468. The lowest BCUT2D eigenvalue weighted by Crippen LogP contribution is -2.52. The highest BCUT2D eigenvalue weighted by Crippen LogP contribution is 2.46. The monoisotopic (exact) mass is 338 g/mol. The van der Waals surface area contributed by atoms with Gasteiger partial charge in [-0.1, -0.05) is 18.6 Å². The molecule has 24 heavy (non-hydrogen) atoms. The minimum Gasteiger partial charge on any atom is -0.396 e. The molecule has 2 heterocycles. The molecular formula is C20H34O4. The van der Waals surface area contributed by atoms with E-state index in [0.29, 0.717) is 25.2 Å². The lowest BCUT2D eigenvalue weighted by Gasteiger charge is -2.44. The third-order valence-corrected chi connectivity index (χ3v) is 5.74. The summed E-state index contributed by atoms with van der Waals surface area (Å²) in [6.45, 7) is 8.95. The maximum Gasteiger partial charge on any atom is 0.139 e. The van der Waals surface area contributed by atoms with Crippen LogP contribution >= 0.6 is 0 Å². The number of aliphatic hydroxyl groups is 1. The van der Waals surface area contributed by atoms with Crippen LogP contribution in [-0.2, 0) is 14.3 Å². The van der Waals surface area contributed by atoms with Gasteiger partial charge in [0.1, 0.15) is 5.78 Å². The molecule has 0 aromatic carbocycles. The molecule has 2 rings (SSSR count). The van der Waals surface area contributed by atoms with Gasteiger partial charge in [-0.2, -0.15) is 0 Å². The van der Waals surface area contributed by atoms with Crippen LogP contribution in [0.5, 0.6) is 0 Å². The first-order chi connectivity index (χ1) is 11.3. The summed E-state index contributed by atoms with van der Waals surface area (Å²) in [6.07, 6.45) is 8.13. The van der Waals surface area contributed by atoms with Gasteiger partial charge in [-0.25, -0.2) is 0 Å². The van der Waals surface area contributed by atoms with Gasteiger partial charge in [-0.05, 0) is 52.9 Å². The number of carbonyl (C=O) groups is 1. The summed E-state index contributed by atoms with van der Waals surface area (Å²) in [5.74, 6) is 0.427. The number of ketones is 1. The average molecular weight is 338 g/mol. The molecule has 138 valence electrons. The number of hydrogen-bond donors (Lipinski definition) is 1. The molecule has 2 bridgehead atoms. The highest BCUT2D eigenvalue weighted by Gasteiger charge is 2.53. The van der Waals surface area contributed by atoms with Gasteiger partial charge < -0.3 is 14.6 Å². The van der Waals surface area contributed by atoms with Crippen LogP contribution in [0.25, 0.3) is 0 Å². The lowest BCUT2D eigenvalue weighted by atomic mass is 9.88. The number of Topliss-reactive ketones (excluding diaryl/α,β-unsaturated/α-hetero) is 1. The first-order valence-corrected chi connectivity index (χ1v) is 9.39. The summed E-state index contributed by atoms with van der Waals surface area (Å²) in [6, 6.07) is 0. The van der Waals surface area contributed by atoms with Crippen molar-refractivity contribution >= 4 is 5.78 Å². The Morgan fingerprint density at radius 2 is 2.12 bits per heavy atom. The van der Waals surface area contributed by atoms with Gasteiger partial charge in [0.25, 0.3) is 0 Å². The molecule has 0 aromatic heterocycles. The molecule has 0 spiro atoms. The summed E-state index contributed by atoms with van der Waals surface area (Å²) < 4.78 is 12.5. The predicted octanol–water partition coefficient (Wildman–Crippen LogP) is 3.81. The van der Waals surface area contributed by atoms with E-state index in [0.717, 1.165) is 32.1 Å². The quantitative estimate of drug-likeness (QED) is 0.650. The van der Waals surface area contributed by atoms with Gasteiger partial charge in [0.2, 0.25) is 0 Å². The van der Waals surface area contributed by atoms with E-state index >= 15 is 0 Å². The minimum atomic E-state index is -0.257. The van der Waals surface area contributed by atoms with Crippen LogP contribution in [0.3, 0.4) is 0 Å². The maximum atomic E-state index is 12.1. The van der Waals surface area contributed by atoms with Crippen molar-refractivity contribution in [2.24, 2.45) is 5.92 Å². The number of ether oxygens (including phenoxy) is 2. The zero-order valence-electron chi connectivity index (χ0n) is 15.8. The number of carbonyl (C=O) groups excluding carboxylic acids is 1. The van der Waals surface area contributed by atoms with E-state index in [2.05, 4.69) is 6.92 Å². The molecule has 4 atom stereocenters. The molecule has 0 aromatic rings. The third kappa shape index (κ3) is 4.68. The Labute approximate surface area is 146 Å². The zero-order chi connectivity index (χ0) is 17.8. The highest BCUT2D eigenvalue weighted by atomic mass is 16.6. The van der Waals surface area contributed by atoms with E-state index in [9.17, 15) is 9.90 Å². The number of aliphatic hydroxyl groups excluding tert-OH is 1. The van der Waals surface area contributed by atoms with Gasteiger partial charge in [0.05, 0.1) is 23.9 Å². The van der Waals surface area contributed by atoms with E-state index < -0.39 is 0 Å². The second-order valence-corrected chi connectivity index (χ2v) is 8.15. The summed E-state index contributed by atoms with van der Waals surface area (Å²) in [4.78, 5) is 12.1. The molecule has 2 unspecified atom stereocenters. The Balaban J connectivity index is 1.78. The number of allylic oxidation sites excluding steroid dienone is 2. The van der Waals surface area contributed by atoms with Crippen molar-refractivity contribution in [3.05, 3.63) is 11.6 Å². The van der Waals surface area contributed by atoms with Crippen molar-refractivity contribution in [1.29, 1.82) is 0 Å². The Morgan fingerprint density at radius 3 is 2.79 bits per heavy atom. The fourth-order valence-corrected chi connectivity index (χ4v) is 3.86. The third-order valence-electron chi connectivity index (χ3n) is 5.74. The molecule has 0 aliphatic carbocycles. The molecule has 2 saturated heterocycles. The predicted molar refractivity (Wildman–Crippen MR) is 95.0 cm³/mol. The van der Waals surface area contributed by atoms with Crippen LogP contribution < -0.4 is 0 Å². The average Bonchev–Trinajstić information content (AvgIpc) is 2.91. The summed E-state index contributed by atoms with van der Waals surface area (Å²) >= 11 is 0. The number of rotatable bonds is 9. The van der Waals surface area contributed by atoms with Gasteiger partial charge in [-0.3, -0.25) is 4.79 Å². The lowest BCUT2D eigenvalue weighted by molar-refractivity contribution is -0.243. The highest BCUT2D eigenvalue weighted by molar-refractivity contribution is 5.82. The van der Waals surface area contributed by atoms with E-state index in [4.69, 9.17) is 9.47 Å². The first-order valence-electron chi connectivity index (χ1n) is 9.39. The minimum absolute atomic E-state index is 0.103. The molecule has 0 saturated carbocycles. The topological polar surface area (TPSA) is 55.8 Å². The van der Waals surface area contributed by atoms with Gasteiger partial charge in [0, 0.05) is 25.4 Å². The van der Waals surface area contributed by atoms with Crippen molar-refractivity contribution in [2.75, 3.05) is 13.2 Å². The smallest absolute Gasteiger partial charge is 0.139 e. The van der Waals surface area contributed by atoms with Crippen molar-refractivity contribution in [1.82, 2.24) is 0 Å². The molecule has 4 heteroatoms. The summed E-state index contributed by atoms with van der Waals surface area (Å²) in [7, 11) is 0. The van der Waals surface area contributed by atoms with E-state index in [-0.39, 0.29) is 29.8 Å². The molecular weight excluding hydrogens is 304 g/mol. The van der Waals surface area contributed by atoms with E-state index in [1.807, 2.05) is 26.8 Å². The van der Waals surface area contributed by atoms with Gasteiger partial charge >= 0.3 is 0 Å². The molecule has 2 aliphatic heterocycles. The molecule has 2 aliphatic rings. The van der Waals surface area contributed by atoms with Crippen LogP contribution in [0.1, 0.15) is 72.6 Å².